The molecule has 3 rings (SSSR count). The zero-order valence-corrected chi connectivity index (χ0v) is 15.0. The maximum absolute atomic E-state index is 10.0. The lowest BCUT2D eigenvalue weighted by Crippen LogP contribution is -2.38. The summed E-state index contributed by atoms with van der Waals surface area (Å²) in [5.74, 6) is 1.36. The van der Waals surface area contributed by atoms with Gasteiger partial charge in [-0.05, 0) is 51.6 Å². The van der Waals surface area contributed by atoms with Gasteiger partial charge >= 0.3 is 0 Å². The van der Waals surface area contributed by atoms with E-state index >= 15 is 0 Å². The summed E-state index contributed by atoms with van der Waals surface area (Å²) in [5, 5.41) is 11.1. The highest BCUT2D eigenvalue weighted by molar-refractivity contribution is 7.19. The van der Waals surface area contributed by atoms with Crippen molar-refractivity contribution in [2.24, 2.45) is 0 Å². The van der Waals surface area contributed by atoms with Crippen LogP contribution in [0.4, 0.5) is 5.82 Å². The molecule has 0 saturated heterocycles. The van der Waals surface area contributed by atoms with Crippen molar-refractivity contribution in [1.29, 1.82) is 0 Å². The van der Waals surface area contributed by atoms with Gasteiger partial charge in [-0.2, -0.15) is 0 Å². The predicted octanol–water partition coefficient (Wildman–Crippen LogP) is 2.75. The van der Waals surface area contributed by atoms with E-state index in [0.717, 1.165) is 35.4 Å². The summed E-state index contributed by atoms with van der Waals surface area (Å²) >= 11 is 1.78. The summed E-state index contributed by atoms with van der Waals surface area (Å²) in [6.45, 7) is 7.77. The van der Waals surface area contributed by atoms with E-state index in [1.54, 1.807) is 11.3 Å². The number of anilines is 1. The van der Waals surface area contributed by atoms with Gasteiger partial charge < -0.3 is 10.8 Å². The number of thiophene rings is 1. The number of rotatable bonds is 5. The minimum absolute atomic E-state index is 0.589. The van der Waals surface area contributed by atoms with Crippen molar-refractivity contribution in [2.75, 3.05) is 18.8 Å². The minimum Gasteiger partial charge on any atom is -0.389 e. The van der Waals surface area contributed by atoms with E-state index in [4.69, 9.17) is 10.7 Å². The second kappa shape index (κ2) is 6.34. The van der Waals surface area contributed by atoms with Gasteiger partial charge in [0.2, 0.25) is 0 Å². The molecule has 0 saturated carbocycles. The van der Waals surface area contributed by atoms with Gasteiger partial charge in [0, 0.05) is 11.4 Å². The molecule has 0 aromatic carbocycles. The van der Waals surface area contributed by atoms with Crippen LogP contribution in [0.5, 0.6) is 0 Å². The second-order valence-corrected chi connectivity index (χ2v) is 8.12. The van der Waals surface area contributed by atoms with Crippen LogP contribution in [0.25, 0.3) is 10.2 Å². The topological polar surface area (TPSA) is 75.3 Å². The van der Waals surface area contributed by atoms with Gasteiger partial charge in [-0.15, -0.1) is 11.3 Å². The largest absolute Gasteiger partial charge is 0.389 e. The van der Waals surface area contributed by atoms with Crippen LogP contribution in [0, 0.1) is 0 Å². The molecule has 0 spiro atoms. The number of aliphatic hydroxyl groups is 1. The van der Waals surface area contributed by atoms with Crippen LogP contribution in [-0.2, 0) is 19.4 Å². The quantitative estimate of drug-likeness (QED) is 0.879. The van der Waals surface area contributed by atoms with Gasteiger partial charge in [0.15, 0.2) is 0 Å². The van der Waals surface area contributed by atoms with Gasteiger partial charge in [-0.1, -0.05) is 6.92 Å². The van der Waals surface area contributed by atoms with Crippen molar-refractivity contribution in [3.8, 4) is 0 Å². The molecule has 0 atom stereocenters. The zero-order valence-electron chi connectivity index (χ0n) is 14.2. The number of nitrogen functional groups attached to an aromatic ring is 1. The van der Waals surface area contributed by atoms with E-state index in [1.165, 1.54) is 23.3 Å². The van der Waals surface area contributed by atoms with E-state index in [2.05, 4.69) is 16.8 Å². The number of nitrogens with two attached hydrogens (primary N) is 1. The Morgan fingerprint density at radius 2 is 2.00 bits per heavy atom. The lowest BCUT2D eigenvalue weighted by atomic mass is 9.97. The fourth-order valence-electron chi connectivity index (χ4n) is 3.33. The van der Waals surface area contributed by atoms with Gasteiger partial charge in [0.25, 0.3) is 0 Å². The summed E-state index contributed by atoms with van der Waals surface area (Å²) in [6, 6.07) is 0. The Hall–Kier alpha value is -1.24. The molecule has 0 unspecified atom stereocenters. The Labute approximate surface area is 141 Å². The summed E-state index contributed by atoms with van der Waals surface area (Å²) < 4.78 is 0. The minimum atomic E-state index is -0.728. The van der Waals surface area contributed by atoms with E-state index in [-0.39, 0.29) is 0 Å². The lowest BCUT2D eigenvalue weighted by Gasteiger charge is -2.27. The maximum Gasteiger partial charge on any atom is 0.146 e. The molecule has 2 aromatic rings. The number of hydrogen-bond acceptors (Lipinski definition) is 6. The number of nitrogens with zero attached hydrogens (tertiary/aromatic N) is 3. The molecule has 5 nitrogen and oxygen atoms in total. The average molecular weight is 334 g/mol. The van der Waals surface area contributed by atoms with Crippen molar-refractivity contribution < 1.29 is 5.11 Å². The molecule has 0 amide bonds. The van der Waals surface area contributed by atoms with Gasteiger partial charge in [0.05, 0.1) is 17.5 Å². The molecule has 126 valence electrons. The van der Waals surface area contributed by atoms with E-state index in [1.807, 2.05) is 13.8 Å². The van der Waals surface area contributed by atoms with Crippen molar-refractivity contribution in [1.82, 2.24) is 14.9 Å². The number of fused-ring (bicyclic) bond motifs is 3. The number of hydrogen-bond donors (Lipinski definition) is 2. The van der Waals surface area contributed by atoms with Crippen LogP contribution in [0.1, 0.15) is 49.9 Å². The molecule has 0 aliphatic heterocycles. The average Bonchev–Trinajstić information content (AvgIpc) is 2.83. The van der Waals surface area contributed by atoms with Crippen molar-refractivity contribution in [3.63, 3.8) is 0 Å². The Balaban J connectivity index is 1.90. The molecule has 6 heteroatoms. The second-order valence-electron chi connectivity index (χ2n) is 7.03. The monoisotopic (exact) mass is 334 g/mol. The molecule has 3 N–H and O–H groups in total. The molecule has 0 fully saturated rings. The molecule has 23 heavy (non-hydrogen) atoms. The maximum atomic E-state index is 10.0. The van der Waals surface area contributed by atoms with Crippen LogP contribution in [0.15, 0.2) is 0 Å². The number of aromatic nitrogens is 2. The van der Waals surface area contributed by atoms with Gasteiger partial charge in [-0.25, -0.2) is 9.97 Å². The molecule has 1 aliphatic carbocycles. The summed E-state index contributed by atoms with van der Waals surface area (Å²) in [6.07, 6.45) is 4.73. The van der Waals surface area contributed by atoms with Crippen molar-refractivity contribution >= 4 is 27.4 Å². The van der Waals surface area contributed by atoms with Gasteiger partial charge in [-0.3, -0.25) is 4.90 Å². The fourth-order valence-corrected chi connectivity index (χ4v) is 4.62. The molecule has 0 bridgehead atoms. The van der Waals surface area contributed by atoms with Crippen LogP contribution in [-0.4, -0.2) is 38.7 Å². The van der Waals surface area contributed by atoms with E-state index < -0.39 is 5.60 Å². The molecular weight excluding hydrogens is 308 g/mol. The Morgan fingerprint density at radius 1 is 1.26 bits per heavy atom. The molecule has 2 aromatic heterocycles. The predicted molar refractivity (Wildman–Crippen MR) is 95.7 cm³/mol. The third kappa shape index (κ3) is 3.65. The molecule has 0 radical (unpaired) electrons. The molecular formula is C17H26N4OS. The van der Waals surface area contributed by atoms with Crippen molar-refractivity contribution in [3.05, 3.63) is 16.3 Å². The summed E-state index contributed by atoms with van der Waals surface area (Å²) in [4.78, 5) is 13.9. The highest BCUT2D eigenvalue weighted by Crippen LogP contribution is 2.37. The third-order valence-corrected chi connectivity index (χ3v) is 5.50. The summed E-state index contributed by atoms with van der Waals surface area (Å²) in [7, 11) is 0. The first-order valence-electron chi connectivity index (χ1n) is 8.38. The first-order chi connectivity index (χ1) is 10.9. The Morgan fingerprint density at radius 3 is 2.70 bits per heavy atom. The third-order valence-electron chi connectivity index (χ3n) is 4.31. The van der Waals surface area contributed by atoms with Crippen LogP contribution < -0.4 is 5.73 Å². The Bertz CT molecular complexity index is 705. The van der Waals surface area contributed by atoms with E-state index in [9.17, 15) is 5.11 Å². The SMILES string of the molecule is CCN(Cc1nc(N)c2c3c(sc2n1)CCCC3)CC(C)(C)O. The Kier molecular flexibility index (Phi) is 4.58. The normalized spacial score (nSPS) is 15.3. The van der Waals surface area contributed by atoms with Crippen LogP contribution >= 0.6 is 11.3 Å². The van der Waals surface area contributed by atoms with E-state index in [0.29, 0.717) is 18.9 Å². The van der Waals surface area contributed by atoms with Crippen molar-refractivity contribution in [2.45, 2.75) is 58.6 Å². The van der Waals surface area contributed by atoms with Crippen LogP contribution in [0.2, 0.25) is 0 Å². The zero-order chi connectivity index (χ0) is 16.6. The smallest absolute Gasteiger partial charge is 0.146 e. The van der Waals surface area contributed by atoms with Crippen LogP contribution in [0.3, 0.4) is 0 Å². The molecule has 2 heterocycles. The molecule has 1 aliphatic rings. The summed E-state index contributed by atoms with van der Waals surface area (Å²) in [5.41, 5.74) is 6.91. The number of likely N-dealkylation sites (N-methyl/N-ethyl adjacent to an activating group) is 1. The van der Waals surface area contributed by atoms with Gasteiger partial charge in [0.1, 0.15) is 16.5 Å². The number of aryl methyl sites for hydroxylation is 2. The first kappa shape index (κ1) is 16.6. The first-order valence-corrected chi connectivity index (χ1v) is 9.20. The fraction of sp³-hybridized carbons (Fsp3) is 0.647. The standard InChI is InChI=1S/C17H26N4OS/c1-4-21(10-17(2,3)22)9-13-19-15(18)14-11-7-5-6-8-12(11)23-16(14)20-13/h22H,4-10H2,1-3H3,(H2,18,19,20). The highest BCUT2D eigenvalue weighted by atomic mass is 32.1. The highest BCUT2D eigenvalue weighted by Gasteiger charge is 2.22. The lowest BCUT2D eigenvalue weighted by molar-refractivity contribution is 0.0346.